The molecule has 0 bridgehead atoms. The zero-order valence-corrected chi connectivity index (χ0v) is 11.3. The lowest BCUT2D eigenvalue weighted by Crippen LogP contribution is -2.32. The maximum atomic E-state index is 11.3. The molecule has 0 spiro atoms. The predicted molar refractivity (Wildman–Crippen MR) is 69.5 cm³/mol. The van der Waals surface area contributed by atoms with Crippen LogP contribution in [0.1, 0.15) is 12.8 Å². The fourth-order valence-electron chi connectivity index (χ4n) is 1.79. The van der Waals surface area contributed by atoms with E-state index in [2.05, 4.69) is 25.7 Å². The van der Waals surface area contributed by atoms with Crippen molar-refractivity contribution in [3.05, 3.63) is 0 Å². The number of ether oxygens (including phenoxy) is 1. The average Bonchev–Trinajstić information content (AvgIpc) is 2.40. The van der Waals surface area contributed by atoms with E-state index in [0.717, 1.165) is 0 Å². The Morgan fingerprint density at radius 3 is 2.42 bits per heavy atom. The topological polar surface area (TPSA) is 132 Å². The number of methoxy groups -OCH3 is 1. The number of hydrazine groups is 1. The van der Waals surface area contributed by atoms with Gasteiger partial charge in [0.1, 0.15) is 9.84 Å². The van der Waals surface area contributed by atoms with Gasteiger partial charge in [0.05, 0.1) is 18.6 Å². The van der Waals surface area contributed by atoms with Crippen LogP contribution in [-0.4, -0.2) is 48.0 Å². The number of rotatable bonds is 4. The summed E-state index contributed by atoms with van der Waals surface area (Å²) in [6, 6.07) is 0.148. The Labute approximate surface area is 110 Å². The molecule has 0 saturated carbocycles. The lowest BCUT2D eigenvalue weighted by atomic mass is 10.2. The quantitative estimate of drug-likeness (QED) is 0.479. The molecule has 0 unspecified atom stereocenters. The first-order valence-corrected chi connectivity index (χ1v) is 7.58. The van der Waals surface area contributed by atoms with Crippen LogP contribution in [0.5, 0.6) is 6.01 Å². The Hall–Kier alpha value is -1.68. The number of nitrogens with one attached hydrogen (secondary N) is 2. The van der Waals surface area contributed by atoms with E-state index in [-0.39, 0.29) is 29.5 Å². The molecule has 2 rings (SSSR count). The van der Waals surface area contributed by atoms with Gasteiger partial charge in [-0.2, -0.15) is 15.0 Å². The van der Waals surface area contributed by atoms with E-state index in [0.29, 0.717) is 18.8 Å². The third-order valence-corrected chi connectivity index (χ3v) is 4.53. The lowest BCUT2D eigenvalue weighted by molar-refractivity contribution is 0.379. The highest BCUT2D eigenvalue weighted by molar-refractivity contribution is 7.91. The van der Waals surface area contributed by atoms with Gasteiger partial charge in [-0.3, -0.25) is 5.43 Å². The summed E-state index contributed by atoms with van der Waals surface area (Å²) in [5, 5.41) is 3.07. The maximum Gasteiger partial charge on any atom is 0.322 e. The second kappa shape index (κ2) is 5.53. The smallest absolute Gasteiger partial charge is 0.322 e. The van der Waals surface area contributed by atoms with Crippen molar-refractivity contribution >= 4 is 21.7 Å². The van der Waals surface area contributed by atoms with E-state index in [1.807, 2.05) is 0 Å². The molecule has 1 aromatic heterocycles. The van der Waals surface area contributed by atoms with Gasteiger partial charge in [-0.05, 0) is 12.8 Å². The minimum absolute atomic E-state index is 0.0151. The number of nitrogens with two attached hydrogens (primary N) is 1. The van der Waals surface area contributed by atoms with Crippen molar-refractivity contribution in [1.82, 2.24) is 15.0 Å². The van der Waals surface area contributed by atoms with Crippen LogP contribution >= 0.6 is 0 Å². The molecule has 1 fully saturated rings. The number of sulfone groups is 1. The molecule has 19 heavy (non-hydrogen) atoms. The Kier molecular flexibility index (Phi) is 4.00. The van der Waals surface area contributed by atoms with Crippen molar-refractivity contribution in [1.29, 1.82) is 0 Å². The van der Waals surface area contributed by atoms with Gasteiger partial charge < -0.3 is 10.1 Å². The van der Waals surface area contributed by atoms with Crippen LogP contribution in [-0.2, 0) is 9.84 Å². The summed E-state index contributed by atoms with van der Waals surface area (Å²) in [5.74, 6) is 6.08. The van der Waals surface area contributed by atoms with Gasteiger partial charge in [0.15, 0.2) is 0 Å². The van der Waals surface area contributed by atoms with Crippen LogP contribution in [0.4, 0.5) is 11.9 Å². The van der Waals surface area contributed by atoms with Gasteiger partial charge in [-0.1, -0.05) is 0 Å². The van der Waals surface area contributed by atoms with E-state index in [1.165, 1.54) is 7.11 Å². The second-order valence-electron chi connectivity index (χ2n) is 4.18. The first-order valence-electron chi connectivity index (χ1n) is 5.76. The molecule has 2 heterocycles. The van der Waals surface area contributed by atoms with E-state index in [1.54, 1.807) is 0 Å². The number of nitrogens with zero attached hydrogens (tertiary/aromatic N) is 3. The number of hydrogen-bond acceptors (Lipinski definition) is 9. The summed E-state index contributed by atoms with van der Waals surface area (Å²) in [7, 11) is -1.45. The normalized spacial score (nSPS) is 18.8. The highest BCUT2D eigenvalue weighted by Crippen LogP contribution is 2.17. The molecule has 1 saturated heterocycles. The molecular weight excluding hydrogens is 272 g/mol. The molecule has 1 aromatic rings. The molecule has 10 heteroatoms. The number of hydrogen-bond donors (Lipinski definition) is 3. The molecule has 9 nitrogen and oxygen atoms in total. The first kappa shape index (κ1) is 13.7. The summed E-state index contributed by atoms with van der Waals surface area (Å²) in [5.41, 5.74) is 2.31. The van der Waals surface area contributed by atoms with Gasteiger partial charge in [-0.15, -0.1) is 0 Å². The highest BCUT2D eigenvalue weighted by atomic mass is 32.2. The molecule has 0 amide bonds. The van der Waals surface area contributed by atoms with Crippen molar-refractivity contribution < 1.29 is 13.2 Å². The Bertz CT molecular complexity index is 513. The molecule has 1 aliphatic heterocycles. The molecule has 0 atom stereocenters. The standard InChI is InChI=1S/C9H16N6O3S/c1-18-9-13-7(12-8(14-9)15-10)11-6-2-4-19(16,17)5-3-6/h6H,2-5,10H2,1H3,(H2,11,12,13,14,15). The SMILES string of the molecule is COc1nc(NN)nc(NC2CCS(=O)(=O)CC2)n1. The lowest BCUT2D eigenvalue weighted by Gasteiger charge is -2.23. The Morgan fingerprint density at radius 1 is 1.21 bits per heavy atom. The first-order chi connectivity index (χ1) is 9.02. The number of aromatic nitrogens is 3. The van der Waals surface area contributed by atoms with Gasteiger partial charge in [-0.25, -0.2) is 14.3 Å². The van der Waals surface area contributed by atoms with Crippen LogP contribution in [0.3, 0.4) is 0 Å². The minimum Gasteiger partial charge on any atom is -0.467 e. The van der Waals surface area contributed by atoms with Gasteiger partial charge in [0, 0.05) is 6.04 Å². The van der Waals surface area contributed by atoms with Crippen LogP contribution in [0.25, 0.3) is 0 Å². The van der Waals surface area contributed by atoms with Crippen molar-refractivity contribution in [3.63, 3.8) is 0 Å². The number of nitrogen functional groups attached to an aromatic ring is 1. The highest BCUT2D eigenvalue weighted by Gasteiger charge is 2.24. The molecular formula is C9H16N6O3S. The van der Waals surface area contributed by atoms with E-state index in [4.69, 9.17) is 10.6 Å². The summed E-state index contributed by atoms with van der Waals surface area (Å²) in [4.78, 5) is 11.9. The van der Waals surface area contributed by atoms with E-state index in [9.17, 15) is 8.42 Å². The predicted octanol–water partition coefficient (Wildman–Crippen LogP) is -0.845. The van der Waals surface area contributed by atoms with Gasteiger partial charge in [0.2, 0.25) is 11.9 Å². The Morgan fingerprint density at radius 2 is 1.84 bits per heavy atom. The molecule has 0 aromatic carbocycles. The summed E-state index contributed by atoms with van der Waals surface area (Å²) >= 11 is 0. The van der Waals surface area contributed by atoms with E-state index >= 15 is 0 Å². The van der Waals surface area contributed by atoms with Crippen LogP contribution in [0, 0.1) is 0 Å². The summed E-state index contributed by atoms with van der Waals surface area (Å²) in [6.07, 6.45) is 1.06. The maximum absolute atomic E-state index is 11.3. The zero-order valence-electron chi connectivity index (χ0n) is 10.5. The average molecular weight is 288 g/mol. The monoisotopic (exact) mass is 288 g/mol. The van der Waals surface area contributed by atoms with E-state index < -0.39 is 9.84 Å². The molecule has 0 radical (unpaired) electrons. The second-order valence-corrected chi connectivity index (χ2v) is 6.49. The fourth-order valence-corrected chi connectivity index (χ4v) is 3.29. The molecule has 0 aliphatic carbocycles. The van der Waals surface area contributed by atoms with Crippen molar-refractivity contribution in [2.45, 2.75) is 18.9 Å². The van der Waals surface area contributed by atoms with Gasteiger partial charge in [0.25, 0.3) is 0 Å². The van der Waals surface area contributed by atoms with Crippen molar-refractivity contribution in [3.8, 4) is 6.01 Å². The van der Waals surface area contributed by atoms with Gasteiger partial charge >= 0.3 is 6.01 Å². The van der Waals surface area contributed by atoms with Crippen molar-refractivity contribution in [2.24, 2.45) is 5.84 Å². The molecule has 1 aliphatic rings. The minimum atomic E-state index is -2.88. The number of anilines is 2. The molecule has 106 valence electrons. The zero-order chi connectivity index (χ0) is 13.9. The third kappa shape index (κ3) is 3.64. The Balaban J connectivity index is 2.07. The largest absolute Gasteiger partial charge is 0.467 e. The molecule has 4 N–H and O–H groups in total. The summed E-state index contributed by atoms with van der Waals surface area (Å²) < 4.78 is 27.6. The third-order valence-electron chi connectivity index (χ3n) is 2.81. The van der Waals surface area contributed by atoms with Crippen LogP contribution in [0.15, 0.2) is 0 Å². The van der Waals surface area contributed by atoms with Crippen molar-refractivity contribution in [2.75, 3.05) is 29.4 Å². The van der Waals surface area contributed by atoms with Crippen LogP contribution in [0.2, 0.25) is 0 Å². The van der Waals surface area contributed by atoms with Crippen LogP contribution < -0.4 is 21.3 Å². The fraction of sp³-hybridized carbons (Fsp3) is 0.667. The summed E-state index contributed by atoms with van der Waals surface area (Å²) in [6.45, 7) is 0.